The number of anilines is 1. The SMILES string of the molecule is Cc1cc(NC2=NCC(C)CS2)ccc1F. The van der Waals surface area contributed by atoms with Crippen LogP contribution in [0.1, 0.15) is 12.5 Å². The van der Waals surface area contributed by atoms with Crippen molar-refractivity contribution in [2.75, 3.05) is 17.6 Å². The summed E-state index contributed by atoms with van der Waals surface area (Å²) in [6.07, 6.45) is 0. The molecule has 1 aliphatic rings. The Balaban J connectivity index is 2.06. The molecule has 1 atom stereocenters. The maximum absolute atomic E-state index is 13.1. The molecule has 0 fully saturated rings. The molecular weight excluding hydrogens is 223 g/mol. The number of amidine groups is 1. The maximum Gasteiger partial charge on any atom is 0.161 e. The van der Waals surface area contributed by atoms with Crippen molar-refractivity contribution >= 4 is 22.6 Å². The van der Waals surface area contributed by atoms with Crippen molar-refractivity contribution in [2.24, 2.45) is 10.9 Å². The summed E-state index contributed by atoms with van der Waals surface area (Å²) in [5, 5.41) is 4.15. The van der Waals surface area contributed by atoms with Crippen molar-refractivity contribution < 1.29 is 4.39 Å². The minimum atomic E-state index is -0.169. The third-order valence-corrected chi connectivity index (χ3v) is 3.70. The second-order valence-electron chi connectivity index (χ2n) is 4.15. The van der Waals surface area contributed by atoms with Gasteiger partial charge in [-0.3, -0.25) is 4.99 Å². The fourth-order valence-corrected chi connectivity index (χ4v) is 2.38. The third-order valence-electron chi connectivity index (χ3n) is 2.46. The summed E-state index contributed by atoms with van der Waals surface area (Å²) in [5.74, 6) is 1.56. The van der Waals surface area contributed by atoms with Crippen LogP contribution in [0.3, 0.4) is 0 Å². The molecule has 1 unspecified atom stereocenters. The second kappa shape index (κ2) is 4.87. The second-order valence-corrected chi connectivity index (χ2v) is 5.16. The predicted molar refractivity (Wildman–Crippen MR) is 68.7 cm³/mol. The van der Waals surface area contributed by atoms with Gasteiger partial charge in [-0.1, -0.05) is 18.7 Å². The molecule has 16 heavy (non-hydrogen) atoms. The van der Waals surface area contributed by atoms with E-state index in [2.05, 4.69) is 17.2 Å². The molecule has 2 rings (SSSR count). The number of hydrogen-bond acceptors (Lipinski definition) is 3. The zero-order chi connectivity index (χ0) is 11.5. The summed E-state index contributed by atoms with van der Waals surface area (Å²) in [7, 11) is 0. The molecular formula is C12H15FN2S. The Labute approximate surface area is 99.3 Å². The van der Waals surface area contributed by atoms with E-state index in [1.165, 1.54) is 6.07 Å². The van der Waals surface area contributed by atoms with Gasteiger partial charge in [0.05, 0.1) is 0 Å². The van der Waals surface area contributed by atoms with Crippen LogP contribution < -0.4 is 5.32 Å². The molecule has 0 amide bonds. The van der Waals surface area contributed by atoms with Gasteiger partial charge < -0.3 is 5.32 Å². The molecule has 0 saturated carbocycles. The van der Waals surface area contributed by atoms with E-state index in [0.717, 1.165) is 23.2 Å². The number of aliphatic imine (C=N–C) groups is 1. The monoisotopic (exact) mass is 238 g/mol. The molecule has 4 heteroatoms. The molecule has 0 radical (unpaired) electrons. The smallest absolute Gasteiger partial charge is 0.161 e. The Kier molecular flexibility index (Phi) is 3.49. The lowest BCUT2D eigenvalue weighted by Gasteiger charge is -2.18. The van der Waals surface area contributed by atoms with Crippen LogP contribution in [0.15, 0.2) is 23.2 Å². The number of aryl methyl sites for hydroxylation is 1. The number of thioether (sulfide) groups is 1. The Morgan fingerprint density at radius 2 is 2.31 bits per heavy atom. The molecule has 86 valence electrons. The zero-order valence-electron chi connectivity index (χ0n) is 9.46. The molecule has 0 aliphatic carbocycles. The summed E-state index contributed by atoms with van der Waals surface area (Å²) < 4.78 is 13.1. The molecule has 0 spiro atoms. The van der Waals surface area contributed by atoms with Crippen LogP contribution in [0.4, 0.5) is 10.1 Å². The number of nitrogens with one attached hydrogen (secondary N) is 1. The highest BCUT2D eigenvalue weighted by atomic mass is 32.2. The Morgan fingerprint density at radius 3 is 2.94 bits per heavy atom. The minimum Gasteiger partial charge on any atom is -0.335 e. The van der Waals surface area contributed by atoms with Gasteiger partial charge in [0, 0.05) is 18.0 Å². The molecule has 1 aromatic carbocycles. The largest absolute Gasteiger partial charge is 0.335 e. The van der Waals surface area contributed by atoms with E-state index in [4.69, 9.17) is 0 Å². The first-order chi connectivity index (χ1) is 7.65. The first kappa shape index (κ1) is 11.5. The Morgan fingerprint density at radius 1 is 1.50 bits per heavy atom. The summed E-state index contributed by atoms with van der Waals surface area (Å²) >= 11 is 1.72. The average Bonchev–Trinajstić information content (AvgIpc) is 2.27. The van der Waals surface area contributed by atoms with Crippen molar-refractivity contribution in [3.63, 3.8) is 0 Å². The maximum atomic E-state index is 13.1. The van der Waals surface area contributed by atoms with Gasteiger partial charge in [-0.2, -0.15) is 0 Å². The molecule has 1 heterocycles. The van der Waals surface area contributed by atoms with E-state index in [-0.39, 0.29) is 5.82 Å². The number of rotatable bonds is 1. The van der Waals surface area contributed by atoms with Crippen molar-refractivity contribution in [1.29, 1.82) is 0 Å². The average molecular weight is 238 g/mol. The number of nitrogens with zero attached hydrogens (tertiary/aromatic N) is 1. The first-order valence-electron chi connectivity index (χ1n) is 5.35. The van der Waals surface area contributed by atoms with Gasteiger partial charge in [-0.05, 0) is 36.6 Å². The van der Waals surface area contributed by atoms with Gasteiger partial charge >= 0.3 is 0 Å². The summed E-state index contributed by atoms with van der Waals surface area (Å²) in [6.45, 7) is 4.82. The normalized spacial score (nSPS) is 20.4. The van der Waals surface area contributed by atoms with Gasteiger partial charge in [0.2, 0.25) is 0 Å². The predicted octanol–water partition coefficient (Wildman–Crippen LogP) is 3.28. The Bertz CT molecular complexity index is 417. The highest BCUT2D eigenvalue weighted by molar-refractivity contribution is 8.14. The van der Waals surface area contributed by atoms with Crippen LogP contribution in [0.5, 0.6) is 0 Å². The summed E-state index contributed by atoms with van der Waals surface area (Å²) in [4.78, 5) is 4.43. The Hall–Kier alpha value is -1.03. The number of hydrogen-bond donors (Lipinski definition) is 1. The van der Waals surface area contributed by atoms with Crippen LogP contribution in [-0.2, 0) is 0 Å². The van der Waals surface area contributed by atoms with E-state index >= 15 is 0 Å². The lowest BCUT2D eigenvalue weighted by atomic mass is 10.2. The van der Waals surface area contributed by atoms with E-state index < -0.39 is 0 Å². The minimum absolute atomic E-state index is 0.169. The number of benzene rings is 1. The third kappa shape index (κ3) is 2.76. The topological polar surface area (TPSA) is 24.4 Å². The van der Waals surface area contributed by atoms with E-state index in [9.17, 15) is 4.39 Å². The van der Waals surface area contributed by atoms with Gasteiger partial charge in [0.1, 0.15) is 5.82 Å². The first-order valence-corrected chi connectivity index (χ1v) is 6.34. The fraction of sp³-hybridized carbons (Fsp3) is 0.417. The highest BCUT2D eigenvalue weighted by Gasteiger charge is 2.12. The molecule has 1 aliphatic heterocycles. The van der Waals surface area contributed by atoms with Crippen molar-refractivity contribution in [1.82, 2.24) is 0 Å². The van der Waals surface area contributed by atoms with Gasteiger partial charge in [-0.15, -0.1) is 0 Å². The summed E-state index contributed by atoms with van der Waals surface area (Å²) in [5.41, 5.74) is 1.56. The van der Waals surface area contributed by atoms with Crippen LogP contribution >= 0.6 is 11.8 Å². The molecule has 0 aromatic heterocycles. The van der Waals surface area contributed by atoms with E-state index in [1.54, 1.807) is 30.8 Å². The van der Waals surface area contributed by atoms with E-state index in [1.807, 2.05) is 0 Å². The van der Waals surface area contributed by atoms with Gasteiger partial charge in [-0.25, -0.2) is 4.39 Å². The fourth-order valence-electron chi connectivity index (χ4n) is 1.48. The van der Waals surface area contributed by atoms with Crippen LogP contribution in [0.25, 0.3) is 0 Å². The lowest BCUT2D eigenvalue weighted by molar-refractivity contribution is 0.619. The lowest BCUT2D eigenvalue weighted by Crippen LogP contribution is -2.18. The zero-order valence-corrected chi connectivity index (χ0v) is 10.3. The molecule has 0 bridgehead atoms. The van der Waals surface area contributed by atoms with Gasteiger partial charge in [0.15, 0.2) is 5.17 Å². The van der Waals surface area contributed by atoms with Crippen LogP contribution in [0.2, 0.25) is 0 Å². The summed E-state index contributed by atoms with van der Waals surface area (Å²) in [6, 6.07) is 5.02. The van der Waals surface area contributed by atoms with E-state index in [0.29, 0.717) is 11.5 Å². The quantitative estimate of drug-likeness (QED) is 0.812. The number of halogens is 1. The molecule has 1 aromatic rings. The van der Waals surface area contributed by atoms with Crippen LogP contribution in [0, 0.1) is 18.7 Å². The van der Waals surface area contributed by atoms with Crippen molar-refractivity contribution in [3.8, 4) is 0 Å². The van der Waals surface area contributed by atoms with Crippen LogP contribution in [-0.4, -0.2) is 17.5 Å². The molecule has 2 nitrogen and oxygen atoms in total. The van der Waals surface area contributed by atoms with Crippen molar-refractivity contribution in [3.05, 3.63) is 29.6 Å². The highest BCUT2D eigenvalue weighted by Crippen LogP contribution is 2.20. The van der Waals surface area contributed by atoms with Crippen molar-refractivity contribution in [2.45, 2.75) is 13.8 Å². The molecule has 1 N–H and O–H groups in total. The molecule has 0 saturated heterocycles. The van der Waals surface area contributed by atoms with Gasteiger partial charge in [0.25, 0.3) is 0 Å². The standard InChI is InChI=1S/C12H15FN2S/c1-8-6-14-12(16-7-8)15-10-3-4-11(13)9(2)5-10/h3-5,8H,6-7H2,1-2H3,(H,14,15).